The molecule has 0 bridgehead atoms. The van der Waals surface area contributed by atoms with Crippen LogP contribution in [0.2, 0.25) is 5.02 Å². The van der Waals surface area contributed by atoms with Crippen LogP contribution in [0.4, 0.5) is 0 Å². The molecule has 0 saturated carbocycles. The molecule has 0 fully saturated rings. The van der Waals surface area contributed by atoms with Gasteiger partial charge in [-0.1, -0.05) is 23.7 Å². The van der Waals surface area contributed by atoms with Gasteiger partial charge in [0.2, 0.25) is 0 Å². The number of nitrogens with zero attached hydrogens (tertiary/aromatic N) is 3. The molecule has 1 rings (SSSR count). The Morgan fingerprint density at radius 2 is 1.53 bits per heavy atom. The van der Waals surface area contributed by atoms with E-state index in [0.29, 0.717) is 6.54 Å². The van der Waals surface area contributed by atoms with Gasteiger partial charge in [0.25, 0.3) is 0 Å². The van der Waals surface area contributed by atoms with Gasteiger partial charge in [0.15, 0.2) is 5.96 Å². The van der Waals surface area contributed by atoms with Crippen molar-refractivity contribution in [2.24, 2.45) is 4.99 Å². The fourth-order valence-electron chi connectivity index (χ4n) is 1.43. The highest BCUT2D eigenvalue weighted by Gasteiger charge is 2.03. The number of rotatable bonds is 2. The molecule has 1 aromatic rings. The molecule has 0 spiro atoms. The van der Waals surface area contributed by atoms with Gasteiger partial charge in [-0.15, -0.1) is 24.0 Å². The van der Waals surface area contributed by atoms with Crippen molar-refractivity contribution in [1.29, 1.82) is 0 Å². The summed E-state index contributed by atoms with van der Waals surface area (Å²) in [6.45, 7) is 0.670. The molecular formula is C12H19ClIN3. The lowest BCUT2D eigenvalue weighted by molar-refractivity contribution is 0.479. The summed E-state index contributed by atoms with van der Waals surface area (Å²) in [4.78, 5) is 8.54. The predicted molar refractivity (Wildman–Crippen MR) is 85.4 cm³/mol. The molecule has 0 unspecified atom stereocenters. The molecule has 1 aromatic carbocycles. The van der Waals surface area contributed by atoms with Gasteiger partial charge in [-0.2, -0.15) is 0 Å². The van der Waals surface area contributed by atoms with E-state index in [1.807, 2.05) is 62.3 Å². The van der Waals surface area contributed by atoms with Crippen LogP contribution in [0.25, 0.3) is 0 Å². The Morgan fingerprint density at radius 1 is 1.06 bits per heavy atom. The monoisotopic (exact) mass is 367 g/mol. The molecule has 0 saturated heterocycles. The summed E-state index contributed by atoms with van der Waals surface area (Å²) in [5.74, 6) is 0.954. The Labute approximate surface area is 125 Å². The summed E-state index contributed by atoms with van der Waals surface area (Å²) >= 11 is 5.82. The van der Waals surface area contributed by atoms with E-state index in [1.165, 1.54) is 0 Å². The van der Waals surface area contributed by atoms with Crippen molar-refractivity contribution in [3.8, 4) is 0 Å². The van der Waals surface area contributed by atoms with Gasteiger partial charge in [0.1, 0.15) is 0 Å². The van der Waals surface area contributed by atoms with E-state index in [-0.39, 0.29) is 24.0 Å². The van der Waals surface area contributed by atoms with E-state index in [4.69, 9.17) is 11.6 Å². The Balaban J connectivity index is 0.00000256. The third-order valence-electron chi connectivity index (χ3n) is 2.12. The van der Waals surface area contributed by atoms with Crippen LogP contribution in [0.5, 0.6) is 0 Å². The van der Waals surface area contributed by atoms with Gasteiger partial charge < -0.3 is 9.80 Å². The molecule has 3 nitrogen and oxygen atoms in total. The molecule has 0 radical (unpaired) electrons. The van der Waals surface area contributed by atoms with Gasteiger partial charge in [0, 0.05) is 33.2 Å². The smallest absolute Gasteiger partial charge is 0.195 e. The predicted octanol–water partition coefficient (Wildman–Crippen LogP) is 2.94. The molecule has 0 aliphatic heterocycles. The number of halogens is 2. The van der Waals surface area contributed by atoms with Crippen LogP contribution in [0, 0.1) is 0 Å². The maximum absolute atomic E-state index is 5.82. The van der Waals surface area contributed by atoms with E-state index in [2.05, 4.69) is 4.99 Å². The molecule has 17 heavy (non-hydrogen) atoms. The normalized spacial score (nSPS) is 9.24. The van der Waals surface area contributed by atoms with Crippen LogP contribution in [0.15, 0.2) is 29.3 Å². The molecule has 5 heteroatoms. The van der Waals surface area contributed by atoms with E-state index in [1.54, 1.807) is 0 Å². The van der Waals surface area contributed by atoms with Crippen molar-refractivity contribution < 1.29 is 0 Å². The van der Waals surface area contributed by atoms with Crippen molar-refractivity contribution >= 4 is 41.5 Å². The minimum Gasteiger partial charge on any atom is -0.349 e. The average Bonchev–Trinajstić information content (AvgIpc) is 2.20. The Kier molecular flexibility index (Phi) is 7.54. The average molecular weight is 368 g/mol. The van der Waals surface area contributed by atoms with Crippen molar-refractivity contribution in [2.75, 3.05) is 28.2 Å². The molecule has 0 heterocycles. The summed E-state index contributed by atoms with van der Waals surface area (Å²) in [7, 11) is 7.95. The van der Waals surface area contributed by atoms with Crippen LogP contribution < -0.4 is 0 Å². The number of aliphatic imine (C=N–C) groups is 1. The highest BCUT2D eigenvalue weighted by atomic mass is 127. The molecule has 96 valence electrons. The van der Waals surface area contributed by atoms with E-state index in [0.717, 1.165) is 16.5 Å². The van der Waals surface area contributed by atoms with Crippen LogP contribution in [0.3, 0.4) is 0 Å². The first-order valence-electron chi connectivity index (χ1n) is 5.14. The molecular weight excluding hydrogens is 349 g/mol. The minimum absolute atomic E-state index is 0. The second-order valence-electron chi connectivity index (χ2n) is 4.03. The van der Waals surface area contributed by atoms with E-state index >= 15 is 0 Å². The number of hydrogen-bond donors (Lipinski definition) is 0. The van der Waals surface area contributed by atoms with E-state index < -0.39 is 0 Å². The van der Waals surface area contributed by atoms with Crippen molar-refractivity contribution in [3.05, 3.63) is 34.9 Å². The van der Waals surface area contributed by atoms with Crippen molar-refractivity contribution in [1.82, 2.24) is 9.80 Å². The highest BCUT2D eigenvalue weighted by Crippen LogP contribution is 2.10. The first-order chi connectivity index (χ1) is 7.50. The summed E-state index contributed by atoms with van der Waals surface area (Å²) in [6.07, 6.45) is 0. The topological polar surface area (TPSA) is 18.8 Å². The van der Waals surface area contributed by atoms with Crippen LogP contribution in [-0.4, -0.2) is 44.0 Å². The lowest BCUT2D eigenvalue weighted by atomic mass is 10.2. The first kappa shape index (κ1) is 16.5. The lowest BCUT2D eigenvalue weighted by Crippen LogP contribution is -2.35. The fraction of sp³-hybridized carbons (Fsp3) is 0.417. The van der Waals surface area contributed by atoms with E-state index in [9.17, 15) is 0 Å². The zero-order valence-electron chi connectivity index (χ0n) is 10.6. The summed E-state index contributed by atoms with van der Waals surface area (Å²) in [5, 5.41) is 0.758. The SMILES string of the molecule is CN(C)C(=NCc1ccc(Cl)cc1)N(C)C.I. The minimum atomic E-state index is 0. The highest BCUT2D eigenvalue weighted by molar-refractivity contribution is 14.0. The van der Waals surface area contributed by atoms with Gasteiger partial charge in [0.05, 0.1) is 6.54 Å². The van der Waals surface area contributed by atoms with Crippen molar-refractivity contribution in [2.45, 2.75) is 6.54 Å². The fourth-order valence-corrected chi connectivity index (χ4v) is 1.56. The first-order valence-corrected chi connectivity index (χ1v) is 5.52. The quantitative estimate of drug-likeness (QED) is 0.455. The van der Waals surface area contributed by atoms with Crippen LogP contribution in [0.1, 0.15) is 5.56 Å². The van der Waals surface area contributed by atoms with Gasteiger partial charge in [-0.25, -0.2) is 4.99 Å². The Hall–Kier alpha value is -0.490. The standard InChI is InChI=1S/C12H18ClN3.HI/c1-15(2)12(16(3)4)14-9-10-5-7-11(13)8-6-10;/h5-8H,9H2,1-4H3;1H. The second kappa shape index (κ2) is 7.76. The van der Waals surface area contributed by atoms with Gasteiger partial charge >= 0.3 is 0 Å². The molecule has 0 aliphatic carbocycles. The third kappa shape index (κ3) is 5.59. The maximum atomic E-state index is 5.82. The zero-order chi connectivity index (χ0) is 12.1. The second-order valence-corrected chi connectivity index (χ2v) is 4.47. The summed E-state index contributed by atoms with van der Waals surface area (Å²) in [5.41, 5.74) is 1.16. The largest absolute Gasteiger partial charge is 0.349 e. The van der Waals surface area contributed by atoms with Crippen molar-refractivity contribution in [3.63, 3.8) is 0 Å². The third-order valence-corrected chi connectivity index (χ3v) is 2.37. The van der Waals surface area contributed by atoms with Crippen LogP contribution in [-0.2, 0) is 6.54 Å². The summed E-state index contributed by atoms with van der Waals surface area (Å²) in [6, 6.07) is 7.76. The molecule has 0 atom stereocenters. The number of benzene rings is 1. The number of hydrogen-bond acceptors (Lipinski definition) is 1. The maximum Gasteiger partial charge on any atom is 0.195 e. The molecule has 0 N–H and O–H groups in total. The van der Waals surface area contributed by atoms with Gasteiger partial charge in [-0.3, -0.25) is 0 Å². The Morgan fingerprint density at radius 3 is 1.94 bits per heavy atom. The zero-order valence-corrected chi connectivity index (χ0v) is 13.7. The summed E-state index contributed by atoms with van der Waals surface area (Å²) < 4.78 is 0. The van der Waals surface area contributed by atoms with Gasteiger partial charge in [-0.05, 0) is 17.7 Å². The Bertz CT molecular complexity index is 351. The molecule has 0 aromatic heterocycles. The lowest BCUT2D eigenvalue weighted by Gasteiger charge is -2.22. The molecule has 0 aliphatic rings. The molecule has 0 amide bonds. The number of guanidine groups is 1. The van der Waals surface area contributed by atoms with Crippen LogP contribution >= 0.6 is 35.6 Å².